The number of nitro groups is 1. The number of nitrogens with one attached hydrogen (secondary N) is 1. The van der Waals surface area contributed by atoms with E-state index in [4.69, 9.17) is 0 Å². The van der Waals surface area contributed by atoms with E-state index in [1.54, 1.807) is 12.1 Å². The summed E-state index contributed by atoms with van der Waals surface area (Å²) in [5.74, 6) is 0. The normalized spacial score (nSPS) is 11.3. The molecule has 2 aromatic carbocycles. The summed E-state index contributed by atoms with van der Waals surface area (Å²) in [4.78, 5) is 10.2. The van der Waals surface area contributed by atoms with Crippen molar-refractivity contribution < 1.29 is 4.92 Å². The Kier molecular flexibility index (Phi) is 5.25. The van der Waals surface area contributed by atoms with E-state index < -0.39 is 4.92 Å². The zero-order valence-electron chi connectivity index (χ0n) is 12.7. The summed E-state index contributed by atoms with van der Waals surface area (Å²) in [5.41, 5.74) is 7.04. The average Bonchev–Trinajstić information content (AvgIpc) is 2.53. The monoisotopic (exact) mass is 297 g/mol. The van der Waals surface area contributed by atoms with Crippen molar-refractivity contribution >= 4 is 17.1 Å². The van der Waals surface area contributed by atoms with Crippen molar-refractivity contribution in [1.82, 2.24) is 0 Å². The van der Waals surface area contributed by atoms with Crippen molar-refractivity contribution in [2.45, 2.75) is 26.7 Å². The Bertz CT molecular complexity index is 661. The van der Waals surface area contributed by atoms with Crippen LogP contribution in [0, 0.1) is 17.0 Å². The Balaban J connectivity index is 2.16. The lowest BCUT2D eigenvalue weighted by Gasteiger charge is -2.07. The first-order valence-corrected chi connectivity index (χ1v) is 7.24. The number of nitrogens with zero attached hydrogens (tertiary/aromatic N) is 2. The van der Waals surface area contributed by atoms with Crippen LogP contribution in [-0.2, 0) is 0 Å². The van der Waals surface area contributed by atoms with Gasteiger partial charge in [0.15, 0.2) is 0 Å². The molecule has 0 saturated carbocycles. The molecule has 2 rings (SSSR count). The molecule has 0 aliphatic heterocycles. The molecule has 5 nitrogen and oxygen atoms in total. The molecule has 0 radical (unpaired) electrons. The highest BCUT2D eigenvalue weighted by molar-refractivity contribution is 6.00. The number of aryl methyl sites for hydroxylation is 1. The molecule has 22 heavy (non-hydrogen) atoms. The summed E-state index contributed by atoms with van der Waals surface area (Å²) in [6, 6.07) is 14.5. The van der Waals surface area contributed by atoms with Gasteiger partial charge in [-0.3, -0.25) is 15.5 Å². The van der Waals surface area contributed by atoms with Crippen LogP contribution in [0.3, 0.4) is 0 Å². The second kappa shape index (κ2) is 7.36. The molecule has 0 aliphatic rings. The minimum Gasteiger partial charge on any atom is -0.278 e. The van der Waals surface area contributed by atoms with E-state index in [-0.39, 0.29) is 5.69 Å². The second-order valence-corrected chi connectivity index (χ2v) is 5.09. The topological polar surface area (TPSA) is 67.5 Å². The molecule has 5 heteroatoms. The van der Waals surface area contributed by atoms with Crippen LogP contribution in [0.4, 0.5) is 11.4 Å². The molecule has 0 spiro atoms. The molecule has 1 N–H and O–H groups in total. The maximum atomic E-state index is 10.6. The fourth-order valence-corrected chi connectivity index (χ4v) is 2.04. The Morgan fingerprint density at radius 2 is 1.77 bits per heavy atom. The van der Waals surface area contributed by atoms with Crippen LogP contribution < -0.4 is 5.43 Å². The average molecular weight is 297 g/mol. The molecular weight excluding hydrogens is 278 g/mol. The SMILES string of the molecule is CCC/C(=N\Nc1ccc([N+](=O)[O-])cc1)c1ccc(C)cc1. The molecule has 0 fully saturated rings. The van der Waals surface area contributed by atoms with Gasteiger partial charge in [-0.25, -0.2) is 0 Å². The first-order valence-electron chi connectivity index (χ1n) is 7.24. The maximum absolute atomic E-state index is 10.6. The van der Waals surface area contributed by atoms with Gasteiger partial charge in [0.25, 0.3) is 5.69 Å². The van der Waals surface area contributed by atoms with Gasteiger partial charge >= 0.3 is 0 Å². The lowest BCUT2D eigenvalue weighted by atomic mass is 10.0. The minimum absolute atomic E-state index is 0.0712. The van der Waals surface area contributed by atoms with E-state index in [1.165, 1.54) is 17.7 Å². The van der Waals surface area contributed by atoms with Crippen molar-refractivity contribution in [3.05, 3.63) is 69.8 Å². The Labute approximate surface area is 129 Å². The van der Waals surface area contributed by atoms with Crippen LogP contribution in [0.1, 0.15) is 30.9 Å². The smallest absolute Gasteiger partial charge is 0.269 e. The van der Waals surface area contributed by atoms with E-state index in [9.17, 15) is 10.1 Å². The van der Waals surface area contributed by atoms with Gasteiger partial charge in [0.05, 0.1) is 16.3 Å². The van der Waals surface area contributed by atoms with Crippen molar-refractivity contribution in [3.8, 4) is 0 Å². The van der Waals surface area contributed by atoms with Gasteiger partial charge in [-0.1, -0.05) is 43.2 Å². The van der Waals surface area contributed by atoms with Crippen LogP contribution in [0.2, 0.25) is 0 Å². The number of rotatable bonds is 6. The van der Waals surface area contributed by atoms with Gasteiger partial charge in [-0.05, 0) is 31.0 Å². The van der Waals surface area contributed by atoms with Crippen molar-refractivity contribution in [2.24, 2.45) is 5.10 Å². The zero-order valence-corrected chi connectivity index (χ0v) is 12.7. The number of anilines is 1. The lowest BCUT2D eigenvalue weighted by Crippen LogP contribution is -2.04. The summed E-state index contributed by atoms with van der Waals surface area (Å²) in [6.45, 7) is 4.16. The quantitative estimate of drug-likeness (QED) is 0.484. The van der Waals surface area contributed by atoms with Crippen molar-refractivity contribution in [3.63, 3.8) is 0 Å². The Hall–Kier alpha value is -2.69. The first kappa shape index (κ1) is 15.7. The van der Waals surface area contributed by atoms with Gasteiger partial charge in [-0.2, -0.15) is 5.10 Å². The molecule has 0 heterocycles. The Morgan fingerprint density at radius 3 is 2.32 bits per heavy atom. The predicted molar refractivity (Wildman–Crippen MR) is 89.3 cm³/mol. The molecule has 0 aromatic heterocycles. The zero-order chi connectivity index (χ0) is 15.9. The highest BCUT2D eigenvalue weighted by atomic mass is 16.6. The molecule has 0 unspecified atom stereocenters. The number of hydrogen-bond donors (Lipinski definition) is 1. The van der Waals surface area contributed by atoms with Crippen LogP contribution in [0.5, 0.6) is 0 Å². The number of nitro benzene ring substituents is 1. The molecule has 0 bridgehead atoms. The summed E-state index contributed by atoms with van der Waals surface area (Å²) in [5, 5.41) is 15.1. The molecule has 0 aliphatic carbocycles. The molecular formula is C17H19N3O2. The number of benzene rings is 2. The number of hydrazone groups is 1. The van der Waals surface area contributed by atoms with Gasteiger partial charge in [-0.15, -0.1) is 0 Å². The second-order valence-electron chi connectivity index (χ2n) is 5.09. The molecule has 2 aromatic rings. The van der Waals surface area contributed by atoms with E-state index in [2.05, 4.69) is 48.6 Å². The van der Waals surface area contributed by atoms with Crippen LogP contribution >= 0.6 is 0 Å². The van der Waals surface area contributed by atoms with Gasteiger partial charge < -0.3 is 0 Å². The minimum atomic E-state index is -0.415. The first-order chi connectivity index (χ1) is 10.6. The third-order valence-electron chi connectivity index (χ3n) is 3.27. The summed E-state index contributed by atoms with van der Waals surface area (Å²) >= 11 is 0. The summed E-state index contributed by atoms with van der Waals surface area (Å²) < 4.78 is 0. The fraction of sp³-hybridized carbons (Fsp3) is 0.235. The van der Waals surface area contributed by atoms with E-state index in [0.29, 0.717) is 0 Å². The van der Waals surface area contributed by atoms with Gasteiger partial charge in [0, 0.05) is 12.1 Å². The highest BCUT2D eigenvalue weighted by Crippen LogP contribution is 2.16. The van der Waals surface area contributed by atoms with Crippen molar-refractivity contribution in [1.29, 1.82) is 0 Å². The van der Waals surface area contributed by atoms with E-state index in [0.717, 1.165) is 29.8 Å². The molecule has 0 atom stereocenters. The Morgan fingerprint density at radius 1 is 1.14 bits per heavy atom. The predicted octanol–water partition coefficient (Wildman–Crippen LogP) is 4.52. The number of non-ortho nitro benzene ring substituents is 1. The summed E-state index contributed by atoms with van der Waals surface area (Å²) in [6.07, 6.45) is 1.86. The van der Waals surface area contributed by atoms with E-state index in [1.807, 2.05) is 0 Å². The van der Waals surface area contributed by atoms with Crippen LogP contribution in [-0.4, -0.2) is 10.6 Å². The maximum Gasteiger partial charge on any atom is 0.269 e. The largest absolute Gasteiger partial charge is 0.278 e. The fourth-order valence-electron chi connectivity index (χ4n) is 2.04. The van der Waals surface area contributed by atoms with Crippen LogP contribution in [0.25, 0.3) is 0 Å². The van der Waals surface area contributed by atoms with E-state index >= 15 is 0 Å². The van der Waals surface area contributed by atoms with Crippen molar-refractivity contribution in [2.75, 3.05) is 5.43 Å². The van der Waals surface area contributed by atoms with Gasteiger partial charge in [0.1, 0.15) is 0 Å². The number of hydrogen-bond acceptors (Lipinski definition) is 4. The highest BCUT2D eigenvalue weighted by Gasteiger charge is 2.05. The van der Waals surface area contributed by atoms with Gasteiger partial charge in [0.2, 0.25) is 0 Å². The third-order valence-corrected chi connectivity index (χ3v) is 3.27. The molecule has 0 amide bonds. The standard InChI is InChI=1S/C17H19N3O2/c1-3-4-17(14-7-5-13(2)6-8-14)19-18-15-9-11-16(12-10-15)20(21)22/h5-12,18H,3-4H2,1-2H3/b19-17+. The third kappa shape index (κ3) is 4.15. The summed E-state index contributed by atoms with van der Waals surface area (Å²) in [7, 11) is 0. The lowest BCUT2D eigenvalue weighted by molar-refractivity contribution is -0.384. The van der Waals surface area contributed by atoms with Crippen LogP contribution in [0.15, 0.2) is 53.6 Å². The molecule has 114 valence electrons. The molecule has 0 saturated heterocycles.